The first-order valence-electron chi connectivity index (χ1n) is 6.09. The highest BCUT2D eigenvalue weighted by Crippen LogP contribution is 2.25. The average molecular weight is 349 g/mol. The van der Waals surface area contributed by atoms with Crippen LogP contribution in [-0.4, -0.2) is 33.2 Å². The molecule has 0 heterocycles. The van der Waals surface area contributed by atoms with Crippen molar-refractivity contribution in [1.82, 2.24) is 4.72 Å². The topological polar surface area (TPSA) is 81.4 Å². The number of benzene rings is 1. The Balaban J connectivity index is 2.13. The molecule has 0 amide bonds. The Labute approximate surface area is 121 Å². The van der Waals surface area contributed by atoms with Crippen LogP contribution in [0.15, 0.2) is 33.6 Å². The maximum atomic E-state index is 12.2. The molecule has 0 aliphatic heterocycles. The first-order valence-corrected chi connectivity index (χ1v) is 8.36. The molecule has 0 spiro atoms. The van der Waals surface area contributed by atoms with Crippen molar-refractivity contribution in [3.05, 3.63) is 28.7 Å². The summed E-state index contributed by atoms with van der Waals surface area (Å²) in [5.41, 5.74) is 5.84. The third-order valence-electron chi connectivity index (χ3n) is 3.14. The van der Waals surface area contributed by atoms with Crippen molar-refractivity contribution in [3.8, 4) is 0 Å². The van der Waals surface area contributed by atoms with Gasteiger partial charge in [-0.25, -0.2) is 13.1 Å². The lowest BCUT2D eigenvalue weighted by Gasteiger charge is -2.42. The highest BCUT2D eigenvalue weighted by Gasteiger charge is 2.41. The molecule has 3 N–H and O–H groups in total. The molecule has 1 saturated carbocycles. The van der Waals surface area contributed by atoms with Crippen LogP contribution in [0.5, 0.6) is 0 Å². The maximum absolute atomic E-state index is 12.2. The Kier molecular flexibility index (Phi) is 4.62. The second-order valence-electron chi connectivity index (χ2n) is 4.50. The predicted molar refractivity (Wildman–Crippen MR) is 76.3 cm³/mol. The first-order chi connectivity index (χ1) is 8.94. The molecule has 3 unspecified atom stereocenters. The summed E-state index contributed by atoms with van der Waals surface area (Å²) in [6.07, 6.45) is 0.543. The molecule has 1 aromatic carbocycles. The van der Waals surface area contributed by atoms with Crippen LogP contribution in [0.1, 0.15) is 13.3 Å². The molecule has 1 aliphatic carbocycles. The largest absolute Gasteiger partial charge is 0.377 e. The molecule has 0 radical (unpaired) electrons. The van der Waals surface area contributed by atoms with Gasteiger partial charge in [0, 0.05) is 17.1 Å². The number of rotatable bonds is 5. The Bertz CT molecular complexity index is 548. The minimum absolute atomic E-state index is 0.137. The molecule has 1 aromatic rings. The molecule has 2 rings (SSSR count). The van der Waals surface area contributed by atoms with Gasteiger partial charge in [-0.2, -0.15) is 0 Å². The van der Waals surface area contributed by atoms with Gasteiger partial charge in [-0.3, -0.25) is 0 Å². The van der Waals surface area contributed by atoms with Crippen LogP contribution in [0.2, 0.25) is 0 Å². The van der Waals surface area contributed by atoms with Gasteiger partial charge in [0.15, 0.2) is 0 Å². The molecule has 19 heavy (non-hydrogen) atoms. The van der Waals surface area contributed by atoms with E-state index < -0.39 is 10.0 Å². The average Bonchev–Trinajstić information content (AvgIpc) is 2.36. The van der Waals surface area contributed by atoms with Crippen LogP contribution < -0.4 is 10.5 Å². The van der Waals surface area contributed by atoms with Crippen molar-refractivity contribution >= 4 is 26.0 Å². The van der Waals surface area contributed by atoms with E-state index in [0.29, 0.717) is 13.0 Å². The molecule has 1 fully saturated rings. The number of ether oxygens (including phenoxy) is 1. The molecule has 0 saturated heterocycles. The van der Waals surface area contributed by atoms with Crippen molar-refractivity contribution in [2.24, 2.45) is 5.73 Å². The van der Waals surface area contributed by atoms with E-state index in [2.05, 4.69) is 20.7 Å². The minimum Gasteiger partial charge on any atom is -0.377 e. The van der Waals surface area contributed by atoms with Crippen LogP contribution in [0.4, 0.5) is 0 Å². The van der Waals surface area contributed by atoms with E-state index in [-0.39, 0.29) is 23.1 Å². The highest BCUT2D eigenvalue weighted by atomic mass is 79.9. The fourth-order valence-corrected chi connectivity index (χ4v) is 3.98. The van der Waals surface area contributed by atoms with Crippen molar-refractivity contribution in [3.63, 3.8) is 0 Å². The van der Waals surface area contributed by atoms with Crippen molar-refractivity contribution < 1.29 is 13.2 Å². The predicted octanol–water partition coefficient (Wildman–Crippen LogP) is 1.23. The number of nitrogens with two attached hydrogens (primary N) is 1. The smallest absolute Gasteiger partial charge is 0.241 e. The van der Waals surface area contributed by atoms with Crippen LogP contribution in [0.25, 0.3) is 0 Å². The summed E-state index contributed by atoms with van der Waals surface area (Å²) in [5, 5.41) is 0. The van der Waals surface area contributed by atoms with Gasteiger partial charge in [-0.15, -0.1) is 0 Å². The summed E-state index contributed by atoms with van der Waals surface area (Å²) in [6.45, 7) is 2.43. The lowest BCUT2D eigenvalue weighted by atomic mass is 9.84. The summed E-state index contributed by atoms with van der Waals surface area (Å²) in [5.74, 6) is 0. The SMILES string of the molecule is CCOC1CC(N)C1NS(=O)(=O)c1cccc(Br)c1. The quantitative estimate of drug-likeness (QED) is 0.838. The molecule has 0 bridgehead atoms. The molecule has 106 valence electrons. The van der Waals surface area contributed by atoms with Gasteiger partial charge in [-0.1, -0.05) is 22.0 Å². The van der Waals surface area contributed by atoms with E-state index in [1.807, 2.05) is 6.92 Å². The van der Waals surface area contributed by atoms with E-state index in [9.17, 15) is 8.42 Å². The molecule has 5 nitrogen and oxygen atoms in total. The number of sulfonamides is 1. The Hall–Kier alpha value is -0.470. The van der Waals surface area contributed by atoms with Crippen molar-refractivity contribution in [1.29, 1.82) is 0 Å². The Morgan fingerprint density at radius 1 is 1.53 bits per heavy atom. The molecule has 3 atom stereocenters. The summed E-state index contributed by atoms with van der Waals surface area (Å²) < 4.78 is 33.3. The summed E-state index contributed by atoms with van der Waals surface area (Å²) >= 11 is 3.26. The third-order valence-corrected chi connectivity index (χ3v) is 5.09. The first kappa shape index (κ1) is 14.9. The van der Waals surface area contributed by atoms with Crippen LogP contribution in [0.3, 0.4) is 0 Å². The van der Waals surface area contributed by atoms with Gasteiger partial charge >= 0.3 is 0 Å². The van der Waals surface area contributed by atoms with Gasteiger partial charge in [-0.05, 0) is 31.5 Å². The van der Waals surface area contributed by atoms with E-state index in [4.69, 9.17) is 10.5 Å². The molecule has 7 heteroatoms. The van der Waals surface area contributed by atoms with E-state index in [1.54, 1.807) is 24.3 Å². The second-order valence-corrected chi connectivity index (χ2v) is 7.13. The fraction of sp³-hybridized carbons (Fsp3) is 0.500. The number of nitrogens with one attached hydrogen (secondary N) is 1. The fourth-order valence-electron chi connectivity index (χ4n) is 2.07. The third kappa shape index (κ3) is 3.35. The summed E-state index contributed by atoms with van der Waals surface area (Å²) in [6, 6.07) is 6.01. The molecular formula is C12H17BrN2O3S. The monoisotopic (exact) mass is 348 g/mol. The van der Waals surface area contributed by atoms with Crippen LogP contribution >= 0.6 is 15.9 Å². The van der Waals surface area contributed by atoms with Gasteiger partial charge in [0.2, 0.25) is 10.0 Å². The van der Waals surface area contributed by atoms with Crippen molar-refractivity contribution in [2.75, 3.05) is 6.61 Å². The highest BCUT2D eigenvalue weighted by molar-refractivity contribution is 9.10. The van der Waals surface area contributed by atoms with Crippen LogP contribution in [-0.2, 0) is 14.8 Å². The van der Waals surface area contributed by atoms with E-state index >= 15 is 0 Å². The lowest BCUT2D eigenvalue weighted by Crippen LogP contribution is -2.64. The number of hydrogen-bond donors (Lipinski definition) is 2. The zero-order chi connectivity index (χ0) is 14.0. The van der Waals surface area contributed by atoms with Gasteiger partial charge in [0.05, 0.1) is 17.0 Å². The Morgan fingerprint density at radius 3 is 2.84 bits per heavy atom. The maximum Gasteiger partial charge on any atom is 0.241 e. The van der Waals surface area contributed by atoms with Crippen molar-refractivity contribution in [2.45, 2.75) is 36.4 Å². The molecule has 0 aromatic heterocycles. The number of halogens is 1. The molecular weight excluding hydrogens is 332 g/mol. The zero-order valence-electron chi connectivity index (χ0n) is 10.5. The standard InChI is InChI=1S/C12H17BrN2O3S/c1-2-18-11-7-10(14)12(11)15-19(16,17)9-5-3-4-8(13)6-9/h3-6,10-12,15H,2,7,14H2,1H3. The second kappa shape index (κ2) is 5.88. The van der Waals surface area contributed by atoms with Gasteiger partial charge in [0.1, 0.15) is 0 Å². The van der Waals surface area contributed by atoms with Gasteiger partial charge in [0.25, 0.3) is 0 Å². The minimum atomic E-state index is -3.57. The molecule has 1 aliphatic rings. The zero-order valence-corrected chi connectivity index (χ0v) is 12.9. The van der Waals surface area contributed by atoms with E-state index in [0.717, 1.165) is 4.47 Å². The van der Waals surface area contributed by atoms with Gasteiger partial charge < -0.3 is 10.5 Å². The Morgan fingerprint density at radius 2 is 2.26 bits per heavy atom. The summed E-state index contributed by atoms with van der Waals surface area (Å²) in [7, 11) is -3.57. The van der Waals surface area contributed by atoms with E-state index in [1.165, 1.54) is 0 Å². The number of hydrogen-bond acceptors (Lipinski definition) is 4. The van der Waals surface area contributed by atoms with Crippen LogP contribution in [0, 0.1) is 0 Å². The lowest BCUT2D eigenvalue weighted by molar-refractivity contribution is -0.0248. The summed E-state index contributed by atoms with van der Waals surface area (Å²) in [4.78, 5) is 0.219. The normalized spacial score (nSPS) is 27.0.